The molecule has 1 aromatic heterocycles. The molecule has 0 spiro atoms. The second-order valence-electron chi connectivity index (χ2n) is 8.01. The lowest BCUT2D eigenvalue weighted by Crippen LogP contribution is -2.32. The van der Waals surface area contributed by atoms with Crippen molar-refractivity contribution >= 4 is 23.2 Å². The fraction of sp³-hybridized carbons (Fsp3) is 0.154. The van der Waals surface area contributed by atoms with Crippen LogP contribution in [-0.4, -0.2) is 29.0 Å². The highest BCUT2D eigenvalue weighted by atomic mass is 35.5. The second kappa shape index (κ2) is 8.11. The molecule has 1 N–H and O–H groups in total. The number of nitrogens with one attached hydrogen (secondary N) is 1. The molecule has 0 aliphatic carbocycles. The first-order valence-electron chi connectivity index (χ1n) is 10.8. The van der Waals surface area contributed by atoms with Crippen molar-refractivity contribution in [3.8, 4) is 17.2 Å². The van der Waals surface area contributed by atoms with E-state index in [4.69, 9.17) is 25.8 Å². The van der Waals surface area contributed by atoms with Gasteiger partial charge in [-0.2, -0.15) is 10.1 Å². The Labute approximate surface area is 201 Å². The number of aromatic nitrogens is 3. The summed E-state index contributed by atoms with van der Waals surface area (Å²) >= 11 is 6.41. The van der Waals surface area contributed by atoms with Gasteiger partial charge in [0.25, 0.3) is 0 Å². The molecule has 2 atom stereocenters. The van der Waals surface area contributed by atoms with Crippen molar-refractivity contribution in [2.45, 2.75) is 12.1 Å². The highest BCUT2D eigenvalue weighted by Crippen LogP contribution is 2.53. The SMILES string of the molecule is COc1ccccc1C1Oc2ccc(Cl)cc2C2=C1C(c1ccccc1OC)n1ncnc1N2. The lowest BCUT2D eigenvalue weighted by molar-refractivity contribution is 0.217. The molecular formula is C26H21ClN4O3. The van der Waals surface area contributed by atoms with Crippen LogP contribution in [-0.2, 0) is 0 Å². The Kier molecular flexibility index (Phi) is 4.92. The summed E-state index contributed by atoms with van der Waals surface area (Å²) in [6.45, 7) is 0. The maximum absolute atomic E-state index is 6.66. The molecular weight excluding hydrogens is 452 g/mol. The van der Waals surface area contributed by atoms with Gasteiger partial charge in [0.2, 0.25) is 5.95 Å². The zero-order chi connectivity index (χ0) is 23.2. The Morgan fingerprint density at radius 3 is 2.41 bits per heavy atom. The molecule has 3 heterocycles. The van der Waals surface area contributed by atoms with Crippen LogP contribution in [0.2, 0.25) is 5.02 Å². The van der Waals surface area contributed by atoms with Gasteiger partial charge in [0.1, 0.15) is 29.6 Å². The smallest absolute Gasteiger partial charge is 0.226 e. The molecule has 0 amide bonds. The molecule has 0 saturated heterocycles. The van der Waals surface area contributed by atoms with E-state index in [-0.39, 0.29) is 6.04 Å². The van der Waals surface area contributed by atoms with E-state index in [2.05, 4.69) is 15.4 Å². The molecule has 3 aromatic carbocycles. The first kappa shape index (κ1) is 20.6. The summed E-state index contributed by atoms with van der Waals surface area (Å²) in [4.78, 5) is 4.47. The molecule has 2 aliphatic rings. The predicted molar refractivity (Wildman–Crippen MR) is 130 cm³/mol. The highest BCUT2D eigenvalue weighted by Gasteiger charge is 2.42. The Morgan fingerprint density at radius 2 is 1.65 bits per heavy atom. The molecule has 6 rings (SSSR count). The van der Waals surface area contributed by atoms with E-state index >= 15 is 0 Å². The van der Waals surface area contributed by atoms with Crippen LogP contribution in [0.5, 0.6) is 17.2 Å². The molecule has 8 heteroatoms. The van der Waals surface area contributed by atoms with Crippen LogP contribution in [0.3, 0.4) is 0 Å². The fourth-order valence-corrected chi connectivity index (χ4v) is 4.95. The van der Waals surface area contributed by atoms with E-state index in [1.54, 1.807) is 20.5 Å². The minimum Gasteiger partial charge on any atom is -0.496 e. The summed E-state index contributed by atoms with van der Waals surface area (Å²) in [5.41, 5.74) is 4.56. The third-order valence-corrected chi connectivity index (χ3v) is 6.47. The lowest BCUT2D eigenvalue weighted by atomic mass is 9.84. The van der Waals surface area contributed by atoms with Gasteiger partial charge in [0.05, 0.1) is 19.9 Å². The van der Waals surface area contributed by atoms with Crippen LogP contribution in [0, 0.1) is 0 Å². The number of ether oxygens (including phenoxy) is 3. The number of rotatable bonds is 4. The standard InChI is InChI=1S/C26H21ClN4O3/c1-32-19-9-5-3-7-16(19)24-22-23(30-26-28-14-29-31(24)26)18-13-15(27)11-12-21(18)34-25(22)17-8-4-6-10-20(17)33-2/h3-14,24-25H,1-2H3,(H,28,29,30). The normalized spacial score (nSPS) is 18.2. The van der Waals surface area contributed by atoms with Crippen molar-refractivity contribution in [1.82, 2.24) is 14.8 Å². The number of fused-ring (bicyclic) bond motifs is 3. The number of methoxy groups -OCH3 is 2. The molecule has 34 heavy (non-hydrogen) atoms. The largest absolute Gasteiger partial charge is 0.496 e. The first-order chi connectivity index (χ1) is 16.7. The minimum atomic E-state index is -0.459. The fourth-order valence-electron chi connectivity index (χ4n) is 4.77. The molecule has 0 fully saturated rings. The zero-order valence-corrected chi connectivity index (χ0v) is 19.3. The predicted octanol–water partition coefficient (Wildman–Crippen LogP) is 5.51. The third-order valence-electron chi connectivity index (χ3n) is 6.23. The van der Waals surface area contributed by atoms with Crippen molar-refractivity contribution in [2.75, 3.05) is 19.5 Å². The Bertz CT molecular complexity index is 1430. The Hall–Kier alpha value is -3.97. The molecule has 2 aliphatic heterocycles. The second-order valence-corrected chi connectivity index (χ2v) is 8.44. The molecule has 170 valence electrons. The zero-order valence-electron chi connectivity index (χ0n) is 18.5. The van der Waals surface area contributed by atoms with E-state index in [0.717, 1.165) is 45.2 Å². The number of halogens is 1. The molecule has 0 bridgehead atoms. The van der Waals surface area contributed by atoms with Crippen molar-refractivity contribution in [2.24, 2.45) is 0 Å². The van der Waals surface area contributed by atoms with Crippen LogP contribution >= 0.6 is 11.6 Å². The maximum Gasteiger partial charge on any atom is 0.226 e. The summed E-state index contributed by atoms with van der Waals surface area (Å²) in [5.74, 6) is 2.83. The monoisotopic (exact) mass is 472 g/mol. The van der Waals surface area contributed by atoms with Crippen molar-refractivity contribution in [3.05, 3.63) is 100 Å². The topological polar surface area (TPSA) is 70.4 Å². The quantitative estimate of drug-likeness (QED) is 0.422. The van der Waals surface area contributed by atoms with Crippen LogP contribution in [0.1, 0.15) is 28.8 Å². The van der Waals surface area contributed by atoms with Gasteiger partial charge in [-0.05, 0) is 30.3 Å². The Balaban J connectivity index is 1.67. The van der Waals surface area contributed by atoms with Gasteiger partial charge in [0, 0.05) is 27.3 Å². The van der Waals surface area contributed by atoms with Gasteiger partial charge >= 0.3 is 0 Å². The Morgan fingerprint density at radius 1 is 0.941 bits per heavy atom. The van der Waals surface area contributed by atoms with Gasteiger partial charge in [-0.25, -0.2) is 4.68 Å². The molecule has 2 unspecified atom stereocenters. The summed E-state index contributed by atoms with van der Waals surface area (Å²) < 4.78 is 20.0. The van der Waals surface area contributed by atoms with Crippen LogP contribution < -0.4 is 19.5 Å². The number of benzene rings is 3. The number of anilines is 1. The molecule has 0 saturated carbocycles. The number of nitrogens with zero attached hydrogens (tertiary/aromatic N) is 3. The van der Waals surface area contributed by atoms with Gasteiger partial charge in [-0.1, -0.05) is 48.0 Å². The van der Waals surface area contributed by atoms with Crippen LogP contribution in [0.15, 0.2) is 78.6 Å². The first-order valence-corrected chi connectivity index (χ1v) is 11.2. The van der Waals surface area contributed by atoms with Crippen molar-refractivity contribution in [3.63, 3.8) is 0 Å². The van der Waals surface area contributed by atoms with E-state index < -0.39 is 6.10 Å². The number of hydrogen-bond acceptors (Lipinski definition) is 6. The molecule has 4 aromatic rings. The van der Waals surface area contributed by atoms with E-state index in [9.17, 15) is 0 Å². The summed E-state index contributed by atoms with van der Waals surface area (Å²) in [5, 5.41) is 8.67. The third kappa shape index (κ3) is 3.12. The number of para-hydroxylation sites is 2. The summed E-state index contributed by atoms with van der Waals surface area (Å²) in [6.07, 6.45) is 1.08. The number of hydrogen-bond donors (Lipinski definition) is 1. The van der Waals surface area contributed by atoms with E-state index in [1.807, 2.05) is 71.4 Å². The van der Waals surface area contributed by atoms with Gasteiger partial charge in [-0.15, -0.1) is 0 Å². The van der Waals surface area contributed by atoms with Gasteiger partial charge in [0.15, 0.2) is 6.10 Å². The molecule has 7 nitrogen and oxygen atoms in total. The van der Waals surface area contributed by atoms with Crippen LogP contribution in [0.4, 0.5) is 5.95 Å². The average molecular weight is 473 g/mol. The average Bonchev–Trinajstić information content (AvgIpc) is 3.35. The molecule has 0 radical (unpaired) electrons. The van der Waals surface area contributed by atoms with Gasteiger partial charge in [-0.3, -0.25) is 0 Å². The lowest BCUT2D eigenvalue weighted by Gasteiger charge is -2.39. The summed E-state index contributed by atoms with van der Waals surface area (Å²) in [6, 6.07) is 21.1. The van der Waals surface area contributed by atoms with Gasteiger partial charge < -0.3 is 19.5 Å². The van der Waals surface area contributed by atoms with E-state index in [0.29, 0.717) is 11.0 Å². The van der Waals surface area contributed by atoms with E-state index in [1.165, 1.54) is 0 Å². The highest BCUT2D eigenvalue weighted by molar-refractivity contribution is 6.30. The summed E-state index contributed by atoms with van der Waals surface area (Å²) in [7, 11) is 3.33. The van der Waals surface area contributed by atoms with Crippen molar-refractivity contribution < 1.29 is 14.2 Å². The maximum atomic E-state index is 6.66. The van der Waals surface area contributed by atoms with Crippen LogP contribution in [0.25, 0.3) is 5.70 Å². The van der Waals surface area contributed by atoms with Crippen molar-refractivity contribution in [1.29, 1.82) is 0 Å². The minimum absolute atomic E-state index is 0.341.